The van der Waals surface area contributed by atoms with Crippen LogP contribution in [-0.2, 0) is 14.8 Å². The maximum absolute atomic E-state index is 11.8. The van der Waals surface area contributed by atoms with Gasteiger partial charge in [0.25, 0.3) is 0 Å². The van der Waals surface area contributed by atoms with E-state index in [1.165, 1.54) is 0 Å². The fourth-order valence-corrected chi connectivity index (χ4v) is 3.30. The minimum Gasteiger partial charge on any atom is -0.392 e. The van der Waals surface area contributed by atoms with E-state index in [1.54, 1.807) is 6.92 Å². The van der Waals surface area contributed by atoms with E-state index in [1.807, 2.05) is 0 Å². The molecule has 3 N–H and O–H groups in total. The predicted octanol–water partition coefficient (Wildman–Crippen LogP) is 1.03. The zero-order valence-corrected chi connectivity index (χ0v) is 12.9. The number of ether oxygens (including phenoxy) is 1. The second kappa shape index (κ2) is 8.79. The zero-order chi connectivity index (χ0) is 14.2. The van der Waals surface area contributed by atoms with Crippen LogP contribution in [0.3, 0.4) is 0 Å². The summed E-state index contributed by atoms with van der Waals surface area (Å²) in [7, 11) is -3.45. The average Bonchev–Trinajstić information content (AvgIpc) is 2.22. The summed E-state index contributed by atoms with van der Waals surface area (Å²) in [5, 5.41) is -0.788. The van der Waals surface area contributed by atoms with Crippen LogP contribution in [0.15, 0.2) is 0 Å². The molecule has 0 amide bonds. The minimum atomic E-state index is -3.45. The molecule has 0 spiro atoms. The largest absolute Gasteiger partial charge is 0.392 e. The molecule has 0 aliphatic rings. The Morgan fingerprint density at radius 3 is 2.50 bits per heavy atom. The van der Waals surface area contributed by atoms with Gasteiger partial charge in [0.15, 0.2) is 0 Å². The Hall–Kier alpha value is -0.240. The Bertz CT molecular complexity index is 342. The number of hydrogen-bond donors (Lipinski definition) is 2. The van der Waals surface area contributed by atoms with Crippen LogP contribution in [0.1, 0.15) is 33.6 Å². The molecular weight excluding hydrogens is 272 g/mol. The fraction of sp³-hybridized carbons (Fsp3) is 0.909. The summed E-state index contributed by atoms with van der Waals surface area (Å²) in [6.07, 6.45) is 1.02. The number of rotatable bonds is 10. The van der Waals surface area contributed by atoms with Crippen molar-refractivity contribution in [3.05, 3.63) is 0 Å². The van der Waals surface area contributed by atoms with E-state index in [-0.39, 0.29) is 4.99 Å². The van der Waals surface area contributed by atoms with Crippen molar-refractivity contribution in [1.82, 2.24) is 4.72 Å². The van der Waals surface area contributed by atoms with Crippen molar-refractivity contribution >= 4 is 27.2 Å². The molecule has 0 radical (unpaired) electrons. The molecule has 108 valence electrons. The van der Waals surface area contributed by atoms with Gasteiger partial charge in [-0.2, -0.15) is 0 Å². The summed E-state index contributed by atoms with van der Waals surface area (Å²) < 4.78 is 31.5. The molecule has 0 aromatic heterocycles. The molecule has 0 fully saturated rings. The first-order valence-electron chi connectivity index (χ1n) is 6.16. The highest BCUT2D eigenvalue weighted by Gasteiger charge is 2.25. The lowest BCUT2D eigenvalue weighted by Crippen LogP contribution is -2.42. The maximum Gasteiger partial charge on any atom is 0.221 e. The topological polar surface area (TPSA) is 81.4 Å². The molecule has 0 bridgehead atoms. The first-order chi connectivity index (χ1) is 8.31. The van der Waals surface area contributed by atoms with Crippen molar-refractivity contribution in [2.75, 3.05) is 19.8 Å². The van der Waals surface area contributed by atoms with Crippen LogP contribution in [0.5, 0.6) is 0 Å². The number of thiocarbonyl (C=S) groups is 1. The van der Waals surface area contributed by atoms with Crippen molar-refractivity contribution < 1.29 is 13.2 Å². The van der Waals surface area contributed by atoms with Gasteiger partial charge in [0, 0.05) is 19.8 Å². The summed E-state index contributed by atoms with van der Waals surface area (Å²) >= 11 is 4.75. The first kappa shape index (κ1) is 17.8. The quantitative estimate of drug-likeness (QED) is 0.465. The van der Waals surface area contributed by atoms with Crippen LogP contribution in [0.25, 0.3) is 0 Å². The second-order valence-corrected chi connectivity index (χ2v) is 6.98. The number of hydrogen-bond acceptors (Lipinski definition) is 4. The molecule has 0 heterocycles. The van der Waals surface area contributed by atoms with Crippen LogP contribution < -0.4 is 10.5 Å². The lowest BCUT2D eigenvalue weighted by molar-refractivity contribution is 0.108. The lowest BCUT2D eigenvalue weighted by atomic mass is 10.2. The molecule has 0 aromatic rings. The normalized spacial score (nSPS) is 13.8. The predicted molar refractivity (Wildman–Crippen MR) is 78.1 cm³/mol. The molecule has 0 saturated heterocycles. The van der Waals surface area contributed by atoms with Crippen molar-refractivity contribution in [1.29, 1.82) is 0 Å². The molecule has 0 aromatic carbocycles. The Labute approximate surface area is 116 Å². The van der Waals surface area contributed by atoms with Gasteiger partial charge in [-0.25, -0.2) is 13.1 Å². The van der Waals surface area contributed by atoms with E-state index in [4.69, 9.17) is 22.7 Å². The third-order valence-corrected chi connectivity index (χ3v) is 4.66. The molecule has 0 aliphatic heterocycles. The third kappa shape index (κ3) is 7.25. The molecule has 0 rings (SSSR count). The van der Waals surface area contributed by atoms with Crippen LogP contribution >= 0.6 is 12.2 Å². The van der Waals surface area contributed by atoms with Gasteiger partial charge in [-0.05, 0) is 18.8 Å². The molecule has 18 heavy (non-hydrogen) atoms. The molecule has 0 aliphatic carbocycles. The van der Waals surface area contributed by atoms with E-state index in [2.05, 4.69) is 18.6 Å². The van der Waals surface area contributed by atoms with Crippen molar-refractivity contribution in [3.8, 4) is 0 Å². The van der Waals surface area contributed by atoms with Gasteiger partial charge >= 0.3 is 0 Å². The SMILES string of the molecule is CCC(C(N)=S)S(=O)(=O)NCCCOCC(C)C. The van der Waals surface area contributed by atoms with Gasteiger partial charge in [-0.3, -0.25) is 0 Å². The summed E-state index contributed by atoms with van der Waals surface area (Å²) in [4.78, 5) is 0.0149. The van der Waals surface area contributed by atoms with Gasteiger partial charge in [-0.15, -0.1) is 0 Å². The molecule has 0 saturated carbocycles. The van der Waals surface area contributed by atoms with Crippen LogP contribution in [0, 0.1) is 5.92 Å². The van der Waals surface area contributed by atoms with Gasteiger partial charge in [0.1, 0.15) is 5.25 Å². The standard InChI is InChI=1S/C11H24N2O3S2/c1-4-10(11(12)17)18(14,15)13-6-5-7-16-8-9(2)3/h9-10,13H,4-8H2,1-3H3,(H2,12,17). The fourth-order valence-electron chi connectivity index (χ4n) is 1.38. The molecular formula is C11H24N2O3S2. The van der Waals surface area contributed by atoms with Crippen LogP contribution in [0.2, 0.25) is 0 Å². The maximum atomic E-state index is 11.8. The van der Waals surface area contributed by atoms with Crippen molar-refractivity contribution in [3.63, 3.8) is 0 Å². The Balaban J connectivity index is 3.94. The lowest BCUT2D eigenvalue weighted by Gasteiger charge is -2.15. The minimum absolute atomic E-state index is 0.0149. The van der Waals surface area contributed by atoms with Gasteiger partial charge < -0.3 is 10.5 Å². The summed E-state index contributed by atoms with van der Waals surface area (Å²) in [6.45, 7) is 7.46. The van der Waals surface area contributed by atoms with E-state index in [0.717, 1.165) is 0 Å². The number of nitrogens with one attached hydrogen (secondary N) is 1. The summed E-state index contributed by atoms with van der Waals surface area (Å²) in [5.74, 6) is 0.487. The Morgan fingerprint density at radius 2 is 2.06 bits per heavy atom. The second-order valence-electron chi connectivity index (χ2n) is 4.56. The van der Waals surface area contributed by atoms with Gasteiger partial charge in [0.2, 0.25) is 10.0 Å². The average molecular weight is 296 g/mol. The highest BCUT2D eigenvalue weighted by molar-refractivity contribution is 7.93. The molecule has 7 heteroatoms. The molecule has 5 nitrogen and oxygen atoms in total. The Kier molecular flexibility index (Phi) is 8.67. The Morgan fingerprint density at radius 1 is 1.44 bits per heavy atom. The smallest absolute Gasteiger partial charge is 0.221 e. The molecule has 1 atom stereocenters. The van der Waals surface area contributed by atoms with E-state index < -0.39 is 15.3 Å². The third-order valence-electron chi connectivity index (χ3n) is 2.28. The van der Waals surface area contributed by atoms with Crippen molar-refractivity contribution in [2.24, 2.45) is 11.7 Å². The highest BCUT2D eigenvalue weighted by Crippen LogP contribution is 2.04. The van der Waals surface area contributed by atoms with Gasteiger partial charge in [-0.1, -0.05) is 33.0 Å². The number of sulfonamides is 1. The monoisotopic (exact) mass is 296 g/mol. The summed E-state index contributed by atoms with van der Waals surface area (Å²) in [5.41, 5.74) is 5.41. The molecule has 1 unspecified atom stereocenters. The van der Waals surface area contributed by atoms with Crippen LogP contribution in [0.4, 0.5) is 0 Å². The highest BCUT2D eigenvalue weighted by atomic mass is 32.2. The number of nitrogens with two attached hydrogens (primary N) is 1. The summed E-state index contributed by atoms with van der Waals surface area (Å²) in [6, 6.07) is 0. The van der Waals surface area contributed by atoms with Crippen LogP contribution in [-0.4, -0.2) is 38.4 Å². The van der Waals surface area contributed by atoms with Gasteiger partial charge in [0.05, 0.1) is 4.99 Å². The van der Waals surface area contributed by atoms with E-state index in [9.17, 15) is 8.42 Å². The van der Waals surface area contributed by atoms with Crippen molar-refractivity contribution in [2.45, 2.75) is 38.9 Å². The first-order valence-corrected chi connectivity index (χ1v) is 8.12. The van der Waals surface area contributed by atoms with E-state index >= 15 is 0 Å². The van der Waals surface area contributed by atoms with E-state index in [0.29, 0.717) is 38.5 Å². The zero-order valence-electron chi connectivity index (χ0n) is 11.3.